The van der Waals surface area contributed by atoms with Crippen LogP contribution < -0.4 is 10.1 Å². The fraction of sp³-hybridized carbons (Fsp3) is 0.500. The van der Waals surface area contributed by atoms with Crippen LogP contribution in [0.4, 0.5) is 9.18 Å². The number of rotatable bonds is 5. The topological polar surface area (TPSA) is 54.7 Å². The molecule has 1 amide bonds. The van der Waals surface area contributed by atoms with Crippen molar-refractivity contribution >= 4 is 6.09 Å². The molecule has 0 aliphatic heterocycles. The average molecular weight is 388 g/mol. The summed E-state index contributed by atoms with van der Waals surface area (Å²) in [5.74, 6) is 1.99. The molecule has 1 N–H and O–H groups in total. The second-order valence-electron chi connectivity index (χ2n) is 7.89. The molecule has 152 valence electrons. The number of furan rings is 1. The van der Waals surface area contributed by atoms with Crippen molar-refractivity contribution in [3.05, 3.63) is 53.2 Å². The summed E-state index contributed by atoms with van der Waals surface area (Å²) in [6, 6.07) is 8.83. The summed E-state index contributed by atoms with van der Waals surface area (Å²) in [6.07, 6.45) is 3.25. The van der Waals surface area contributed by atoms with Crippen LogP contribution in [0.3, 0.4) is 0 Å². The molecule has 0 spiro atoms. The maximum absolute atomic E-state index is 13.7. The Morgan fingerprint density at radius 1 is 1.21 bits per heavy atom. The molecule has 1 fully saturated rings. The zero-order chi connectivity index (χ0) is 20.3. The summed E-state index contributed by atoms with van der Waals surface area (Å²) in [5, 5.41) is 2.96. The van der Waals surface area contributed by atoms with E-state index < -0.39 is 6.09 Å². The number of nitrogens with one attached hydrogen (secondary N) is 1. The third kappa shape index (κ3) is 4.93. The Labute approximate surface area is 165 Å². The van der Waals surface area contributed by atoms with Gasteiger partial charge in [-0.2, -0.15) is 0 Å². The molecule has 1 atom stereocenters. The van der Waals surface area contributed by atoms with Gasteiger partial charge in [0.2, 0.25) is 0 Å². The summed E-state index contributed by atoms with van der Waals surface area (Å²) in [4.78, 5) is 14.4. The Morgan fingerprint density at radius 2 is 1.93 bits per heavy atom. The van der Waals surface area contributed by atoms with E-state index in [0.29, 0.717) is 23.2 Å². The Hall–Kier alpha value is -2.34. The summed E-state index contributed by atoms with van der Waals surface area (Å²) in [6.45, 7) is 3.59. The van der Waals surface area contributed by atoms with Gasteiger partial charge in [0, 0.05) is 18.2 Å². The molecule has 28 heavy (non-hydrogen) atoms. The monoisotopic (exact) mass is 388 g/mol. The highest BCUT2D eigenvalue weighted by Gasteiger charge is 2.31. The van der Waals surface area contributed by atoms with Crippen LogP contribution in [0.1, 0.15) is 48.8 Å². The van der Waals surface area contributed by atoms with Gasteiger partial charge in [0.25, 0.3) is 0 Å². The van der Waals surface area contributed by atoms with E-state index in [2.05, 4.69) is 10.2 Å². The van der Waals surface area contributed by atoms with Gasteiger partial charge < -0.3 is 19.4 Å². The Morgan fingerprint density at radius 3 is 2.50 bits per heavy atom. The fourth-order valence-corrected chi connectivity index (χ4v) is 4.27. The zero-order valence-corrected chi connectivity index (χ0v) is 17.0. The summed E-state index contributed by atoms with van der Waals surface area (Å²) in [7, 11) is 4.07. The summed E-state index contributed by atoms with van der Waals surface area (Å²) in [5.41, 5.74) is 1.01. The van der Waals surface area contributed by atoms with Gasteiger partial charge in [0.1, 0.15) is 17.3 Å². The van der Waals surface area contributed by atoms with Crippen molar-refractivity contribution in [2.24, 2.45) is 5.92 Å². The third-order valence-corrected chi connectivity index (χ3v) is 5.48. The van der Waals surface area contributed by atoms with Gasteiger partial charge in [-0.05, 0) is 77.2 Å². The smallest absolute Gasteiger partial charge is 0.412 e. The number of hydrogen-bond donors (Lipinski definition) is 1. The van der Waals surface area contributed by atoms with Gasteiger partial charge in [0.05, 0.1) is 0 Å². The number of benzene rings is 1. The molecule has 5 nitrogen and oxygen atoms in total. The Balaban J connectivity index is 1.55. The number of amides is 1. The second-order valence-corrected chi connectivity index (χ2v) is 7.89. The highest BCUT2D eigenvalue weighted by atomic mass is 19.1. The van der Waals surface area contributed by atoms with Crippen molar-refractivity contribution in [2.45, 2.75) is 51.6 Å². The van der Waals surface area contributed by atoms with Gasteiger partial charge in [-0.3, -0.25) is 0 Å². The lowest BCUT2D eigenvalue weighted by Crippen LogP contribution is -2.41. The second kappa shape index (κ2) is 8.78. The van der Waals surface area contributed by atoms with Crippen LogP contribution in [0.25, 0.3) is 0 Å². The van der Waals surface area contributed by atoms with E-state index in [1.165, 1.54) is 6.07 Å². The molecule has 0 radical (unpaired) electrons. The van der Waals surface area contributed by atoms with Crippen LogP contribution in [-0.2, 0) is 0 Å². The first-order valence-electron chi connectivity index (χ1n) is 9.80. The van der Waals surface area contributed by atoms with Gasteiger partial charge in [-0.25, -0.2) is 9.18 Å². The molecule has 0 bridgehead atoms. The molecule has 3 rings (SSSR count). The maximum atomic E-state index is 13.7. The van der Waals surface area contributed by atoms with Crippen molar-refractivity contribution in [1.82, 2.24) is 10.2 Å². The number of carbonyl (C=O) groups is 1. The normalized spacial score (nSPS) is 20.8. The van der Waals surface area contributed by atoms with E-state index in [1.807, 2.05) is 27.1 Å². The minimum Gasteiger partial charge on any atom is -0.463 e. The molecule has 1 aliphatic carbocycles. The standard InChI is InChI=1S/C22H29FN2O3/c1-14-12-20(15(2)27-14)28-22(26)24-19-10-8-16(9-11-19)21(25(3)4)17-6-5-7-18(23)13-17/h5-7,12-13,16,19,21H,8-11H2,1-4H3,(H,24,26). The number of hydrogen-bond acceptors (Lipinski definition) is 4. The number of ether oxygens (including phenoxy) is 1. The first kappa shape index (κ1) is 20.4. The number of halogens is 1. The first-order valence-corrected chi connectivity index (χ1v) is 9.80. The molecule has 2 aromatic rings. The van der Waals surface area contributed by atoms with Crippen molar-refractivity contribution in [3.63, 3.8) is 0 Å². The van der Waals surface area contributed by atoms with Crippen LogP contribution in [0.15, 0.2) is 34.7 Å². The minimum atomic E-state index is -0.443. The number of nitrogens with zero attached hydrogens (tertiary/aromatic N) is 1. The lowest BCUT2D eigenvalue weighted by Gasteiger charge is -2.37. The van der Waals surface area contributed by atoms with Crippen molar-refractivity contribution in [1.29, 1.82) is 0 Å². The van der Waals surface area contributed by atoms with E-state index in [0.717, 1.165) is 31.2 Å². The summed E-state index contributed by atoms with van der Waals surface area (Å²) >= 11 is 0. The molecule has 6 heteroatoms. The van der Waals surface area contributed by atoms with Gasteiger partial charge >= 0.3 is 6.09 Å². The van der Waals surface area contributed by atoms with Crippen LogP contribution in [0.5, 0.6) is 5.75 Å². The molecule has 1 unspecified atom stereocenters. The van der Waals surface area contributed by atoms with Gasteiger partial charge in [0.15, 0.2) is 5.75 Å². The van der Waals surface area contributed by atoms with E-state index in [9.17, 15) is 9.18 Å². The van der Waals surface area contributed by atoms with Gasteiger partial charge in [-0.1, -0.05) is 12.1 Å². The SMILES string of the molecule is Cc1cc(OC(=O)NC2CCC(C(c3cccc(F)c3)N(C)C)CC2)c(C)o1. The molecule has 1 heterocycles. The summed E-state index contributed by atoms with van der Waals surface area (Å²) < 4.78 is 24.4. The van der Waals surface area contributed by atoms with Crippen molar-refractivity contribution < 1.29 is 18.3 Å². The molecule has 0 saturated heterocycles. The largest absolute Gasteiger partial charge is 0.463 e. The Bertz CT molecular complexity index is 810. The predicted molar refractivity (Wildman–Crippen MR) is 106 cm³/mol. The van der Waals surface area contributed by atoms with E-state index in [1.54, 1.807) is 25.1 Å². The highest BCUT2D eigenvalue weighted by molar-refractivity contribution is 5.71. The molecular weight excluding hydrogens is 359 g/mol. The van der Waals surface area contributed by atoms with Crippen LogP contribution in [0.2, 0.25) is 0 Å². The molecule has 1 saturated carbocycles. The van der Waals surface area contributed by atoms with Crippen LogP contribution >= 0.6 is 0 Å². The zero-order valence-electron chi connectivity index (χ0n) is 17.0. The predicted octanol–water partition coefficient (Wildman–Crippen LogP) is 4.99. The van der Waals surface area contributed by atoms with Gasteiger partial charge in [-0.15, -0.1) is 0 Å². The van der Waals surface area contributed by atoms with Crippen LogP contribution in [-0.4, -0.2) is 31.1 Å². The quantitative estimate of drug-likeness (QED) is 0.784. The molecule has 1 aromatic carbocycles. The third-order valence-electron chi connectivity index (χ3n) is 5.48. The van der Waals surface area contributed by atoms with Crippen molar-refractivity contribution in [3.8, 4) is 5.75 Å². The van der Waals surface area contributed by atoms with Crippen molar-refractivity contribution in [2.75, 3.05) is 14.1 Å². The molecule has 1 aliphatic rings. The average Bonchev–Trinajstić information content (AvgIpc) is 2.93. The molecule has 1 aromatic heterocycles. The Kier molecular flexibility index (Phi) is 6.39. The van der Waals surface area contributed by atoms with E-state index in [-0.39, 0.29) is 17.9 Å². The lowest BCUT2D eigenvalue weighted by molar-refractivity contribution is 0.150. The van der Waals surface area contributed by atoms with Crippen LogP contribution in [0, 0.1) is 25.6 Å². The van der Waals surface area contributed by atoms with E-state index in [4.69, 9.17) is 9.15 Å². The first-order chi connectivity index (χ1) is 13.3. The minimum absolute atomic E-state index is 0.0902. The van der Waals surface area contributed by atoms with E-state index >= 15 is 0 Å². The number of carbonyl (C=O) groups excluding carboxylic acids is 1. The fourth-order valence-electron chi connectivity index (χ4n) is 4.27. The number of aryl methyl sites for hydroxylation is 2. The molecular formula is C22H29FN2O3. The maximum Gasteiger partial charge on any atom is 0.412 e. The highest BCUT2D eigenvalue weighted by Crippen LogP contribution is 2.37. The lowest BCUT2D eigenvalue weighted by atomic mass is 9.78.